The van der Waals surface area contributed by atoms with Gasteiger partial charge in [0.15, 0.2) is 0 Å². The summed E-state index contributed by atoms with van der Waals surface area (Å²) in [5.41, 5.74) is 6.41. The maximum absolute atomic E-state index is 10.1. The van der Waals surface area contributed by atoms with Gasteiger partial charge in [0.2, 0.25) is 0 Å². The standard InChI is InChI=1S/C37H52O3/c1-8-34(4,25-38)29-13-11-28(12-14-29)23-24-37(7,32-19-15-30(16-20-32)35(5,9-2)26-39)33-21-17-31(18-22-33)36(6,10-3)27-40/h11-22,38-40H,8-10,23-27H2,1-7H3. The van der Waals surface area contributed by atoms with Crippen LogP contribution in [0, 0.1) is 0 Å². The molecule has 0 saturated carbocycles. The van der Waals surface area contributed by atoms with Gasteiger partial charge in [0.25, 0.3) is 0 Å². The highest BCUT2D eigenvalue weighted by Gasteiger charge is 2.32. The minimum atomic E-state index is -0.241. The summed E-state index contributed by atoms with van der Waals surface area (Å²) in [4.78, 5) is 0. The number of rotatable bonds is 14. The second-order valence-electron chi connectivity index (χ2n) is 12.9. The zero-order valence-corrected chi connectivity index (χ0v) is 25.9. The lowest BCUT2D eigenvalue weighted by molar-refractivity contribution is 0.201. The molecule has 0 radical (unpaired) electrons. The molecule has 0 aliphatic carbocycles. The molecular formula is C37H52O3. The molecule has 3 N–H and O–H groups in total. The summed E-state index contributed by atoms with van der Waals surface area (Å²) in [5.74, 6) is 0. The summed E-state index contributed by atoms with van der Waals surface area (Å²) < 4.78 is 0. The van der Waals surface area contributed by atoms with Crippen LogP contribution in [0.25, 0.3) is 0 Å². The highest BCUT2D eigenvalue weighted by molar-refractivity contribution is 5.43. The van der Waals surface area contributed by atoms with E-state index in [0.29, 0.717) is 0 Å². The van der Waals surface area contributed by atoms with E-state index in [1.54, 1.807) is 0 Å². The molecule has 0 fully saturated rings. The summed E-state index contributed by atoms with van der Waals surface area (Å²) in [6.45, 7) is 15.5. The van der Waals surface area contributed by atoms with Crippen molar-refractivity contribution in [2.75, 3.05) is 19.8 Å². The van der Waals surface area contributed by atoms with Crippen LogP contribution in [0.2, 0.25) is 0 Å². The van der Waals surface area contributed by atoms with Crippen LogP contribution in [-0.4, -0.2) is 35.1 Å². The molecule has 218 valence electrons. The molecule has 0 aliphatic rings. The van der Waals surface area contributed by atoms with Crippen molar-refractivity contribution in [3.8, 4) is 0 Å². The Morgan fingerprint density at radius 3 is 1.00 bits per heavy atom. The molecule has 40 heavy (non-hydrogen) atoms. The lowest BCUT2D eigenvalue weighted by Crippen LogP contribution is -2.28. The van der Waals surface area contributed by atoms with Gasteiger partial charge < -0.3 is 15.3 Å². The van der Waals surface area contributed by atoms with Crippen molar-refractivity contribution < 1.29 is 15.3 Å². The third-order valence-electron chi connectivity index (χ3n) is 10.4. The second-order valence-corrected chi connectivity index (χ2v) is 12.9. The number of aliphatic hydroxyl groups is 3. The van der Waals surface area contributed by atoms with Crippen molar-refractivity contribution in [3.63, 3.8) is 0 Å². The number of aryl methyl sites for hydroxylation is 1. The van der Waals surface area contributed by atoms with Crippen molar-refractivity contribution in [1.29, 1.82) is 0 Å². The van der Waals surface area contributed by atoms with Crippen LogP contribution in [0.15, 0.2) is 72.8 Å². The van der Waals surface area contributed by atoms with E-state index in [4.69, 9.17) is 0 Å². The summed E-state index contributed by atoms with van der Waals surface area (Å²) in [7, 11) is 0. The molecule has 0 spiro atoms. The first-order valence-corrected chi connectivity index (χ1v) is 15.1. The zero-order chi connectivity index (χ0) is 29.6. The van der Waals surface area contributed by atoms with Crippen molar-refractivity contribution >= 4 is 0 Å². The Labute approximate surface area is 243 Å². The minimum absolute atomic E-state index is 0.131. The minimum Gasteiger partial charge on any atom is -0.395 e. The average molecular weight is 545 g/mol. The van der Waals surface area contributed by atoms with E-state index in [-0.39, 0.29) is 41.5 Å². The Morgan fingerprint density at radius 1 is 0.450 bits per heavy atom. The molecular weight excluding hydrogens is 492 g/mol. The van der Waals surface area contributed by atoms with Gasteiger partial charge in [0, 0.05) is 21.7 Å². The van der Waals surface area contributed by atoms with Crippen LogP contribution < -0.4 is 0 Å². The molecule has 3 rings (SSSR count). The highest BCUT2D eigenvalue weighted by Crippen LogP contribution is 2.39. The second kappa shape index (κ2) is 13.0. The number of aliphatic hydroxyl groups excluding tert-OH is 3. The van der Waals surface area contributed by atoms with Crippen LogP contribution in [0.4, 0.5) is 0 Å². The Morgan fingerprint density at radius 2 is 0.725 bits per heavy atom. The van der Waals surface area contributed by atoms with Crippen molar-refractivity contribution in [2.45, 2.75) is 102 Å². The fourth-order valence-corrected chi connectivity index (χ4v) is 5.63. The first-order chi connectivity index (χ1) is 19.0. The van der Waals surface area contributed by atoms with Gasteiger partial charge in [-0.25, -0.2) is 0 Å². The maximum atomic E-state index is 10.1. The Balaban J connectivity index is 1.99. The Hall–Kier alpha value is -2.46. The SMILES string of the molecule is CCC(C)(CO)c1ccc(CCC(C)(c2ccc(C(C)(CC)CO)cc2)c2ccc(C(C)(CC)CO)cc2)cc1. The van der Waals surface area contributed by atoms with Gasteiger partial charge in [-0.3, -0.25) is 0 Å². The molecule has 3 atom stereocenters. The van der Waals surface area contributed by atoms with Gasteiger partial charge in [-0.1, -0.05) is 121 Å². The van der Waals surface area contributed by atoms with Gasteiger partial charge >= 0.3 is 0 Å². The van der Waals surface area contributed by atoms with E-state index in [0.717, 1.165) is 32.1 Å². The molecule has 0 saturated heterocycles. The monoisotopic (exact) mass is 544 g/mol. The van der Waals surface area contributed by atoms with Crippen LogP contribution in [0.3, 0.4) is 0 Å². The van der Waals surface area contributed by atoms with Crippen LogP contribution in [0.5, 0.6) is 0 Å². The molecule has 3 aromatic carbocycles. The Kier molecular flexibility index (Phi) is 10.4. The van der Waals surface area contributed by atoms with E-state index in [1.807, 2.05) is 0 Å². The molecule has 0 heterocycles. The lowest BCUT2D eigenvalue weighted by atomic mass is 9.70. The van der Waals surface area contributed by atoms with E-state index in [1.165, 1.54) is 33.4 Å². The summed E-state index contributed by atoms with van der Waals surface area (Å²) in [6.07, 6.45) is 4.52. The normalized spacial score (nSPS) is 17.9. The molecule has 3 heteroatoms. The molecule has 0 amide bonds. The molecule has 3 aromatic rings. The fourth-order valence-electron chi connectivity index (χ4n) is 5.63. The van der Waals surface area contributed by atoms with Gasteiger partial charge in [0.05, 0.1) is 19.8 Å². The molecule has 0 aromatic heterocycles. The van der Waals surface area contributed by atoms with Gasteiger partial charge in [0.1, 0.15) is 0 Å². The zero-order valence-electron chi connectivity index (χ0n) is 25.9. The highest BCUT2D eigenvalue weighted by atomic mass is 16.3. The van der Waals surface area contributed by atoms with Crippen LogP contribution in [-0.2, 0) is 28.1 Å². The van der Waals surface area contributed by atoms with E-state index >= 15 is 0 Å². The third-order valence-corrected chi connectivity index (χ3v) is 10.4. The first kappa shape index (κ1) is 32.1. The predicted octanol–water partition coefficient (Wildman–Crippen LogP) is 7.61. The van der Waals surface area contributed by atoms with Gasteiger partial charge in [-0.2, -0.15) is 0 Å². The fraction of sp³-hybridized carbons (Fsp3) is 0.514. The largest absolute Gasteiger partial charge is 0.395 e. The van der Waals surface area contributed by atoms with Gasteiger partial charge in [-0.15, -0.1) is 0 Å². The molecule has 3 unspecified atom stereocenters. The number of benzene rings is 3. The topological polar surface area (TPSA) is 60.7 Å². The molecule has 0 aliphatic heterocycles. The average Bonchev–Trinajstić information content (AvgIpc) is 3.02. The summed E-state index contributed by atoms with van der Waals surface area (Å²) in [5, 5.41) is 30.1. The predicted molar refractivity (Wildman–Crippen MR) is 168 cm³/mol. The third kappa shape index (κ3) is 6.38. The molecule has 0 bridgehead atoms. The molecule has 3 nitrogen and oxygen atoms in total. The first-order valence-electron chi connectivity index (χ1n) is 15.1. The van der Waals surface area contributed by atoms with Crippen molar-refractivity contribution in [1.82, 2.24) is 0 Å². The number of hydrogen-bond donors (Lipinski definition) is 3. The van der Waals surface area contributed by atoms with Crippen molar-refractivity contribution in [3.05, 3.63) is 106 Å². The van der Waals surface area contributed by atoms with Crippen LogP contribution >= 0.6 is 0 Å². The quantitative estimate of drug-likeness (QED) is 0.196. The number of hydrogen-bond acceptors (Lipinski definition) is 3. The van der Waals surface area contributed by atoms with E-state index < -0.39 is 0 Å². The van der Waals surface area contributed by atoms with Crippen molar-refractivity contribution in [2.24, 2.45) is 0 Å². The lowest BCUT2D eigenvalue weighted by Gasteiger charge is -2.34. The van der Waals surface area contributed by atoms with Gasteiger partial charge in [-0.05, 0) is 65.5 Å². The maximum Gasteiger partial charge on any atom is 0.0525 e. The van der Waals surface area contributed by atoms with E-state index in [9.17, 15) is 15.3 Å². The smallest absolute Gasteiger partial charge is 0.0525 e. The van der Waals surface area contributed by atoms with Crippen LogP contribution in [0.1, 0.15) is 108 Å². The summed E-state index contributed by atoms with van der Waals surface area (Å²) >= 11 is 0. The van der Waals surface area contributed by atoms with E-state index in [2.05, 4.69) is 121 Å². The Bertz CT molecular complexity index is 1120. The summed E-state index contributed by atoms with van der Waals surface area (Å²) in [6, 6.07) is 26.5.